The smallest absolute Gasteiger partial charge is 0.407 e. The monoisotopic (exact) mass is 397 g/mol. The third kappa shape index (κ3) is 8.08. The first-order chi connectivity index (χ1) is 14.2. The Kier molecular flexibility index (Phi) is 10.6. The van der Waals surface area contributed by atoms with E-state index in [-0.39, 0.29) is 18.2 Å². The van der Waals surface area contributed by atoms with Gasteiger partial charge in [0, 0.05) is 0 Å². The van der Waals surface area contributed by atoms with Crippen LogP contribution in [0.15, 0.2) is 42.5 Å². The van der Waals surface area contributed by atoms with Gasteiger partial charge in [-0.2, -0.15) is 0 Å². The van der Waals surface area contributed by atoms with Gasteiger partial charge in [-0.1, -0.05) is 101 Å². The van der Waals surface area contributed by atoms with Crippen LogP contribution in [0.1, 0.15) is 96.6 Å². The minimum absolute atomic E-state index is 0.0235. The van der Waals surface area contributed by atoms with Crippen LogP contribution in [0.5, 0.6) is 0 Å². The molecule has 160 valence electrons. The van der Waals surface area contributed by atoms with Gasteiger partial charge in [0.15, 0.2) is 0 Å². The van der Waals surface area contributed by atoms with Gasteiger partial charge in [0.1, 0.15) is 6.10 Å². The van der Waals surface area contributed by atoms with Crippen molar-refractivity contribution in [2.45, 2.75) is 97.1 Å². The van der Waals surface area contributed by atoms with Crippen molar-refractivity contribution in [1.29, 1.82) is 0 Å². The van der Waals surface area contributed by atoms with Gasteiger partial charge in [-0.25, -0.2) is 4.79 Å². The Hall–Kier alpha value is -2.03. The molecule has 0 aliphatic heterocycles. The lowest BCUT2D eigenvalue weighted by atomic mass is 10.00. The number of fused-ring (bicyclic) bond motifs is 1. The number of rotatable bonds is 13. The third-order valence-electron chi connectivity index (χ3n) is 5.64. The van der Waals surface area contributed by atoms with E-state index in [2.05, 4.69) is 43.4 Å². The van der Waals surface area contributed by atoms with Gasteiger partial charge in [0.25, 0.3) is 0 Å². The number of carbonyl (C=O) groups is 1. The Morgan fingerprint density at radius 2 is 1.55 bits per heavy atom. The van der Waals surface area contributed by atoms with Gasteiger partial charge in [-0.15, -0.1) is 0 Å². The number of alkyl carbamates (subject to hydrolysis) is 1. The molecule has 0 aromatic heterocycles. The first-order valence-electron chi connectivity index (χ1n) is 11.6. The van der Waals surface area contributed by atoms with Crippen LogP contribution in [-0.4, -0.2) is 12.2 Å². The molecule has 3 nitrogen and oxygen atoms in total. The van der Waals surface area contributed by atoms with Crippen LogP contribution in [0.4, 0.5) is 4.79 Å². The van der Waals surface area contributed by atoms with Crippen molar-refractivity contribution in [1.82, 2.24) is 5.32 Å². The van der Waals surface area contributed by atoms with Crippen molar-refractivity contribution in [2.75, 3.05) is 0 Å². The van der Waals surface area contributed by atoms with E-state index in [0.717, 1.165) is 31.2 Å². The summed E-state index contributed by atoms with van der Waals surface area (Å²) in [7, 11) is 0. The summed E-state index contributed by atoms with van der Waals surface area (Å²) in [6, 6.07) is 14.4. The summed E-state index contributed by atoms with van der Waals surface area (Å²) in [6.07, 6.45) is 11.7. The molecule has 1 amide bonds. The molecule has 0 radical (unpaired) electrons. The van der Waals surface area contributed by atoms with Crippen molar-refractivity contribution < 1.29 is 9.53 Å². The Morgan fingerprint density at radius 3 is 2.31 bits per heavy atom. The summed E-state index contributed by atoms with van der Waals surface area (Å²) in [5.74, 6) is 0. The van der Waals surface area contributed by atoms with Crippen LogP contribution in [0.3, 0.4) is 0 Å². The van der Waals surface area contributed by atoms with Crippen LogP contribution < -0.4 is 5.32 Å². The standard InChI is InChI=1S/C26H39NO2/c1-4-6-7-8-9-10-11-18-23(15-5-2)29-26(28)27-21(3)24-20-14-17-22-16-12-13-19-25(22)24/h12-14,16-17,19-21,23H,4-11,15,18H2,1-3H3,(H,27,28). The average molecular weight is 398 g/mol. The zero-order chi connectivity index (χ0) is 20.9. The lowest BCUT2D eigenvalue weighted by Gasteiger charge is -2.21. The molecule has 0 spiro atoms. The second-order valence-corrected chi connectivity index (χ2v) is 8.16. The van der Waals surface area contributed by atoms with E-state index in [0.29, 0.717) is 0 Å². The predicted octanol–water partition coefficient (Wildman–Crippen LogP) is 7.94. The number of unbranched alkanes of at least 4 members (excludes halogenated alkanes) is 6. The van der Waals surface area contributed by atoms with E-state index >= 15 is 0 Å². The minimum Gasteiger partial charge on any atom is -0.446 e. The molecule has 0 fully saturated rings. The largest absolute Gasteiger partial charge is 0.446 e. The summed E-state index contributed by atoms with van der Waals surface area (Å²) in [4.78, 5) is 12.5. The Morgan fingerprint density at radius 1 is 0.862 bits per heavy atom. The number of carbonyl (C=O) groups excluding carboxylic acids is 1. The molecular formula is C26H39NO2. The number of hydrogen-bond acceptors (Lipinski definition) is 2. The molecule has 29 heavy (non-hydrogen) atoms. The Balaban J connectivity index is 1.81. The van der Waals surface area contributed by atoms with E-state index < -0.39 is 0 Å². The first-order valence-corrected chi connectivity index (χ1v) is 11.6. The molecule has 0 saturated carbocycles. The van der Waals surface area contributed by atoms with Crippen LogP contribution >= 0.6 is 0 Å². The molecule has 0 aliphatic rings. The molecule has 0 bridgehead atoms. The second-order valence-electron chi connectivity index (χ2n) is 8.16. The van der Waals surface area contributed by atoms with Crippen molar-refractivity contribution >= 4 is 16.9 Å². The topological polar surface area (TPSA) is 38.3 Å². The van der Waals surface area contributed by atoms with Gasteiger partial charge in [0.2, 0.25) is 0 Å². The number of hydrogen-bond donors (Lipinski definition) is 1. The zero-order valence-corrected chi connectivity index (χ0v) is 18.6. The highest BCUT2D eigenvalue weighted by Crippen LogP contribution is 2.24. The first kappa shape index (κ1) is 23.3. The van der Waals surface area contributed by atoms with Gasteiger partial charge in [-0.05, 0) is 42.5 Å². The summed E-state index contributed by atoms with van der Waals surface area (Å²) >= 11 is 0. The predicted molar refractivity (Wildman–Crippen MR) is 123 cm³/mol. The van der Waals surface area contributed by atoms with Gasteiger partial charge >= 0.3 is 6.09 Å². The lowest BCUT2D eigenvalue weighted by Crippen LogP contribution is -2.31. The van der Waals surface area contributed by atoms with Crippen molar-refractivity contribution in [3.8, 4) is 0 Å². The van der Waals surface area contributed by atoms with Gasteiger partial charge in [-0.3, -0.25) is 0 Å². The molecule has 0 aliphatic carbocycles. The van der Waals surface area contributed by atoms with Crippen molar-refractivity contribution in [3.05, 3.63) is 48.0 Å². The summed E-state index contributed by atoms with van der Waals surface area (Å²) in [5, 5.41) is 5.41. The van der Waals surface area contributed by atoms with Crippen LogP contribution in [-0.2, 0) is 4.74 Å². The van der Waals surface area contributed by atoms with Gasteiger partial charge < -0.3 is 10.1 Å². The molecule has 2 aromatic rings. The fourth-order valence-electron chi connectivity index (χ4n) is 3.98. The Bertz CT molecular complexity index is 722. The fourth-order valence-corrected chi connectivity index (χ4v) is 3.98. The van der Waals surface area contributed by atoms with E-state index in [4.69, 9.17) is 4.74 Å². The Labute approximate surface area is 177 Å². The molecule has 1 N–H and O–H groups in total. The zero-order valence-electron chi connectivity index (χ0n) is 18.6. The highest BCUT2D eigenvalue weighted by Gasteiger charge is 2.17. The SMILES string of the molecule is CCCCCCCCCC(CCC)OC(=O)NC(C)c1cccc2ccccc12. The second kappa shape index (κ2) is 13.2. The molecule has 2 aromatic carbocycles. The summed E-state index contributed by atoms with van der Waals surface area (Å²) < 4.78 is 5.79. The number of amides is 1. The maximum atomic E-state index is 12.5. The van der Waals surface area contributed by atoms with Gasteiger partial charge in [0.05, 0.1) is 6.04 Å². The molecule has 2 rings (SSSR count). The van der Waals surface area contributed by atoms with Crippen molar-refractivity contribution in [2.24, 2.45) is 0 Å². The lowest BCUT2D eigenvalue weighted by molar-refractivity contribution is 0.0831. The van der Waals surface area contributed by atoms with Crippen LogP contribution in [0.2, 0.25) is 0 Å². The van der Waals surface area contributed by atoms with Crippen molar-refractivity contribution in [3.63, 3.8) is 0 Å². The molecule has 2 atom stereocenters. The average Bonchev–Trinajstić information content (AvgIpc) is 2.72. The van der Waals surface area contributed by atoms with Crippen LogP contribution in [0.25, 0.3) is 10.8 Å². The fraction of sp³-hybridized carbons (Fsp3) is 0.577. The third-order valence-corrected chi connectivity index (χ3v) is 5.64. The summed E-state index contributed by atoms with van der Waals surface area (Å²) in [6.45, 7) is 6.42. The number of benzene rings is 2. The quantitative estimate of drug-likeness (QED) is 0.348. The molecule has 0 heterocycles. The highest BCUT2D eigenvalue weighted by molar-refractivity contribution is 5.86. The maximum Gasteiger partial charge on any atom is 0.407 e. The molecular weight excluding hydrogens is 358 g/mol. The number of nitrogens with one attached hydrogen (secondary N) is 1. The van der Waals surface area contributed by atoms with E-state index in [1.54, 1.807) is 0 Å². The molecule has 2 unspecified atom stereocenters. The minimum atomic E-state index is -0.299. The normalized spacial score (nSPS) is 13.2. The van der Waals surface area contributed by atoms with Crippen LogP contribution in [0, 0.1) is 0 Å². The van der Waals surface area contributed by atoms with E-state index in [1.165, 1.54) is 49.3 Å². The maximum absolute atomic E-state index is 12.5. The highest BCUT2D eigenvalue weighted by atomic mass is 16.6. The number of ether oxygens (including phenoxy) is 1. The van der Waals surface area contributed by atoms with E-state index in [1.807, 2.05) is 25.1 Å². The molecule has 3 heteroatoms. The molecule has 0 saturated heterocycles. The summed E-state index contributed by atoms with van der Waals surface area (Å²) in [5.41, 5.74) is 1.12. The van der Waals surface area contributed by atoms with E-state index in [9.17, 15) is 4.79 Å².